The molecule has 0 bridgehead atoms. The summed E-state index contributed by atoms with van der Waals surface area (Å²) < 4.78 is 5.82. The number of hydrogen-bond acceptors (Lipinski definition) is 4. The third-order valence-corrected chi connectivity index (χ3v) is 3.52. The van der Waals surface area contributed by atoms with Crippen molar-refractivity contribution in [3.05, 3.63) is 12.2 Å². The van der Waals surface area contributed by atoms with Gasteiger partial charge in [0.15, 0.2) is 0 Å². The van der Waals surface area contributed by atoms with Crippen LogP contribution in [0.5, 0.6) is 0 Å². The Labute approximate surface area is 138 Å². The smallest absolute Gasteiger partial charge is 0.253 e. The van der Waals surface area contributed by atoms with E-state index in [9.17, 15) is 14.4 Å². The number of nitrogens with zero attached hydrogens (tertiary/aromatic N) is 1. The van der Waals surface area contributed by atoms with Gasteiger partial charge in [-0.15, -0.1) is 0 Å². The van der Waals surface area contributed by atoms with Crippen LogP contribution in [-0.2, 0) is 19.1 Å². The van der Waals surface area contributed by atoms with Gasteiger partial charge in [-0.05, 0) is 25.7 Å². The Balaban J connectivity index is 2.26. The van der Waals surface area contributed by atoms with E-state index < -0.39 is 5.60 Å². The molecular weight excluding hydrogens is 296 g/mol. The summed E-state index contributed by atoms with van der Waals surface area (Å²) in [5, 5.41) is 2.79. The molecule has 6 nitrogen and oxygen atoms in total. The Morgan fingerprint density at radius 3 is 2.22 bits per heavy atom. The second-order valence-corrected chi connectivity index (χ2v) is 7.61. The highest BCUT2D eigenvalue weighted by Gasteiger charge is 2.24. The van der Waals surface area contributed by atoms with Crippen molar-refractivity contribution in [2.45, 2.75) is 53.1 Å². The predicted octanol–water partition coefficient (Wildman–Crippen LogP) is 1.65. The fourth-order valence-corrected chi connectivity index (χ4v) is 1.95. The Kier molecular flexibility index (Phi) is 6.50. The summed E-state index contributed by atoms with van der Waals surface area (Å²) in [6, 6.07) is 0. The molecule has 0 saturated heterocycles. The highest BCUT2D eigenvalue weighted by Crippen LogP contribution is 2.20. The van der Waals surface area contributed by atoms with Gasteiger partial charge in [-0.2, -0.15) is 0 Å². The average Bonchev–Trinajstić information content (AvgIpc) is 2.72. The van der Waals surface area contributed by atoms with E-state index in [2.05, 4.69) is 26.1 Å². The average molecular weight is 324 g/mol. The lowest BCUT2D eigenvalue weighted by atomic mass is 9.93. The van der Waals surface area contributed by atoms with E-state index in [-0.39, 0.29) is 36.1 Å². The first kappa shape index (κ1) is 19.4. The number of carbonyl (C=O) groups is 3. The monoisotopic (exact) mass is 324 g/mol. The summed E-state index contributed by atoms with van der Waals surface area (Å²) in [4.78, 5) is 35.7. The van der Waals surface area contributed by atoms with Crippen LogP contribution in [0.3, 0.4) is 0 Å². The first-order chi connectivity index (χ1) is 10.5. The summed E-state index contributed by atoms with van der Waals surface area (Å²) in [6.07, 6.45) is 3.46. The topological polar surface area (TPSA) is 75.7 Å². The van der Waals surface area contributed by atoms with E-state index in [1.54, 1.807) is 0 Å². The van der Waals surface area contributed by atoms with Gasteiger partial charge in [0.1, 0.15) is 0 Å². The second kappa shape index (κ2) is 7.73. The van der Waals surface area contributed by atoms with Crippen LogP contribution in [0.2, 0.25) is 0 Å². The first-order valence-electron chi connectivity index (χ1n) is 7.94. The lowest BCUT2D eigenvalue weighted by molar-refractivity contribution is -0.137. The van der Waals surface area contributed by atoms with Gasteiger partial charge in [-0.3, -0.25) is 19.3 Å². The van der Waals surface area contributed by atoms with Crippen LogP contribution in [0.15, 0.2) is 12.2 Å². The standard InChI is InChI=1S/C17H28N2O4/c1-16(2,3)9-11-23-17(4,5)12-18-13(20)8-10-19-14(21)6-7-15(19)22/h6-7H,8-12H2,1-5H3,(H,18,20). The maximum atomic E-state index is 11.9. The van der Waals surface area contributed by atoms with E-state index >= 15 is 0 Å². The van der Waals surface area contributed by atoms with Gasteiger partial charge in [-0.25, -0.2) is 0 Å². The molecule has 0 saturated carbocycles. The van der Waals surface area contributed by atoms with Crippen LogP contribution in [0.4, 0.5) is 0 Å². The molecule has 0 aliphatic carbocycles. The fourth-order valence-electron chi connectivity index (χ4n) is 1.95. The van der Waals surface area contributed by atoms with E-state index in [4.69, 9.17) is 4.74 Å². The molecule has 0 radical (unpaired) electrons. The van der Waals surface area contributed by atoms with Gasteiger partial charge in [0.25, 0.3) is 11.8 Å². The second-order valence-electron chi connectivity index (χ2n) is 7.61. The molecule has 23 heavy (non-hydrogen) atoms. The van der Waals surface area contributed by atoms with Gasteiger partial charge in [0.05, 0.1) is 5.60 Å². The number of imide groups is 1. The Morgan fingerprint density at radius 2 is 1.70 bits per heavy atom. The zero-order valence-corrected chi connectivity index (χ0v) is 14.8. The van der Waals surface area contributed by atoms with Crippen molar-refractivity contribution in [3.63, 3.8) is 0 Å². The normalized spacial score (nSPS) is 15.4. The van der Waals surface area contributed by atoms with Gasteiger partial charge in [0.2, 0.25) is 5.91 Å². The number of ether oxygens (including phenoxy) is 1. The van der Waals surface area contributed by atoms with Crippen molar-refractivity contribution in [1.29, 1.82) is 0 Å². The number of carbonyl (C=O) groups excluding carboxylic acids is 3. The predicted molar refractivity (Wildman–Crippen MR) is 87.6 cm³/mol. The van der Waals surface area contributed by atoms with Gasteiger partial charge >= 0.3 is 0 Å². The molecule has 1 rings (SSSR count). The maximum absolute atomic E-state index is 11.9. The van der Waals surface area contributed by atoms with Crippen molar-refractivity contribution >= 4 is 17.7 Å². The molecule has 0 unspecified atom stereocenters. The number of amides is 3. The van der Waals surface area contributed by atoms with Crippen molar-refractivity contribution in [2.75, 3.05) is 19.7 Å². The van der Waals surface area contributed by atoms with E-state index in [0.717, 1.165) is 11.3 Å². The van der Waals surface area contributed by atoms with Crippen LogP contribution in [0, 0.1) is 5.41 Å². The minimum Gasteiger partial charge on any atom is -0.374 e. The molecule has 130 valence electrons. The van der Waals surface area contributed by atoms with Gasteiger partial charge < -0.3 is 10.1 Å². The number of nitrogens with one attached hydrogen (secondary N) is 1. The molecule has 1 aliphatic rings. The third-order valence-electron chi connectivity index (χ3n) is 3.52. The van der Waals surface area contributed by atoms with Gasteiger partial charge in [-0.1, -0.05) is 20.8 Å². The maximum Gasteiger partial charge on any atom is 0.253 e. The minimum absolute atomic E-state index is 0.0945. The van der Waals surface area contributed by atoms with Crippen LogP contribution < -0.4 is 5.32 Å². The Bertz CT molecular complexity index is 471. The van der Waals surface area contributed by atoms with Crippen LogP contribution >= 0.6 is 0 Å². The summed E-state index contributed by atoms with van der Waals surface area (Å²) in [6.45, 7) is 11.4. The van der Waals surface area contributed by atoms with Crippen molar-refractivity contribution in [1.82, 2.24) is 10.2 Å². The molecule has 0 atom stereocenters. The van der Waals surface area contributed by atoms with Crippen LogP contribution in [0.25, 0.3) is 0 Å². The van der Waals surface area contributed by atoms with E-state index in [1.165, 1.54) is 12.2 Å². The molecule has 0 aromatic rings. The Hall–Kier alpha value is -1.69. The molecule has 3 amide bonds. The van der Waals surface area contributed by atoms with Gasteiger partial charge in [0, 0.05) is 38.3 Å². The minimum atomic E-state index is -0.457. The molecular formula is C17H28N2O4. The largest absolute Gasteiger partial charge is 0.374 e. The molecule has 0 spiro atoms. The quantitative estimate of drug-likeness (QED) is 0.689. The van der Waals surface area contributed by atoms with Crippen molar-refractivity contribution in [3.8, 4) is 0 Å². The molecule has 1 aliphatic heterocycles. The Morgan fingerprint density at radius 1 is 1.13 bits per heavy atom. The van der Waals surface area contributed by atoms with Crippen LogP contribution in [0.1, 0.15) is 47.5 Å². The lowest BCUT2D eigenvalue weighted by Gasteiger charge is -2.28. The fraction of sp³-hybridized carbons (Fsp3) is 0.706. The zero-order valence-electron chi connectivity index (χ0n) is 14.8. The molecule has 0 aromatic carbocycles. The van der Waals surface area contributed by atoms with Crippen molar-refractivity contribution in [2.24, 2.45) is 5.41 Å². The molecule has 0 aromatic heterocycles. The highest BCUT2D eigenvalue weighted by atomic mass is 16.5. The molecule has 0 fully saturated rings. The van der Waals surface area contributed by atoms with Crippen LogP contribution in [-0.4, -0.2) is 47.9 Å². The lowest BCUT2D eigenvalue weighted by Crippen LogP contribution is -2.42. The van der Waals surface area contributed by atoms with Crippen molar-refractivity contribution < 1.29 is 19.1 Å². The summed E-state index contributed by atoms with van der Waals surface area (Å²) in [5.74, 6) is -0.938. The van der Waals surface area contributed by atoms with E-state index in [1.807, 2.05) is 13.8 Å². The molecule has 1 heterocycles. The summed E-state index contributed by atoms with van der Waals surface area (Å²) in [7, 11) is 0. The SMILES string of the molecule is CC(C)(C)CCOC(C)(C)CNC(=O)CCN1C(=O)C=CC1=O. The summed E-state index contributed by atoms with van der Waals surface area (Å²) in [5.41, 5.74) is -0.246. The molecule has 1 N–H and O–H groups in total. The van der Waals surface area contributed by atoms with E-state index in [0.29, 0.717) is 13.2 Å². The zero-order chi connectivity index (χ0) is 17.7. The third kappa shape index (κ3) is 7.41. The highest BCUT2D eigenvalue weighted by molar-refractivity contribution is 6.13. The number of hydrogen-bond donors (Lipinski definition) is 1. The number of rotatable bonds is 8. The molecule has 6 heteroatoms. The summed E-state index contributed by atoms with van der Waals surface area (Å²) >= 11 is 0. The first-order valence-corrected chi connectivity index (χ1v) is 7.94.